The number of hydrogen-bond donors (Lipinski definition) is 0. The van der Waals surface area contributed by atoms with Crippen LogP contribution in [0, 0.1) is 6.92 Å². The summed E-state index contributed by atoms with van der Waals surface area (Å²) in [5.74, 6) is -0.387. The smallest absolute Gasteiger partial charge is 0.285 e. The lowest BCUT2D eigenvalue weighted by Gasteiger charge is -2.32. The highest BCUT2D eigenvalue weighted by molar-refractivity contribution is 7.93. The van der Waals surface area contributed by atoms with E-state index in [-0.39, 0.29) is 11.2 Å². The van der Waals surface area contributed by atoms with E-state index in [9.17, 15) is 13.8 Å². The number of carbonyl (C=O) groups is 2. The fourth-order valence-corrected chi connectivity index (χ4v) is 6.19. The van der Waals surface area contributed by atoms with Gasteiger partial charge in [0.1, 0.15) is 0 Å². The van der Waals surface area contributed by atoms with Gasteiger partial charge in [-0.25, -0.2) is 4.21 Å². The van der Waals surface area contributed by atoms with Crippen molar-refractivity contribution in [3.63, 3.8) is 0 Å². The first kappa shape index (κ1) is 22.7. The Balaban J connectivity index is 1.62. The Morgan fingerprint density at radius 2 is 1.80 bits per heavy atom. The molecule has 2 aromatic rings. The SMILES string of the molecule is CCCCc1ccc(C(=O)N=S(C)(=O)C2CCN(C(=O)c3ccc(C)s3)CC2)cc1. The summed E-state index contributed by atoms with van der Waals surface area (Å²) >= 11 is 1.50. The molecule has 1 aliphatic rings. The van der Waals surface area contributed by atoms with Gasteiger partial charge >= 0.3 is 0 Å². The van der Waals surface area contributed by atoms with Crippen molar-refractivity contribution < 1.29 is 13.8 Å². The monoisotopic (exact) mass is 446 g/mol. The molecule has 1 atom stereocenters. The van der Waals surface area contributed by atoms with Gasteiger partial charge in [-0.2, -0.15) is 4.36 Å². The Morgan fingerprint density at radius 3 is 2.37 bits per heavy atom. The fraction of sp³-hybridized carbons (Fsp3) is 0.478. The van der Waals surface area contributed by atoms with E-state index in [0.717, 1.165) is 29.0 Å². The zero-order chi connectivity index (χ0) is 21.7. The Kier molecular flexibility index (Phi) is 7.47. The van der Waals surface area contributed by atoms with Crippen LogP contribution >= 0.6 is 11.3 Å². The molecule has 1 saturated heterocycles. The van der Waals surface area contributed by atoms with Gasteiger partial charge in [-0.15, -0.1) is 11.3 Å². The van der Waals surface area contributed by atoms with E-state index in [4.69, 9.17) is 0 Å². The summed E-state index contributed by atoms with van der Waals surface area (Å²) in [4.78, 5) is 28.9. The molecule has 2 heterocycles. The first-order chi connectivity index (χ1) is 14.3. The third-order valence-corrected chi connectivity index (χ3v) is 8.81. The molecule has 1 aromatic carbocycles. The number of thiophene rings is 1. The van der Waals surface area contributed by atoms with Crippen LogP contribution in [0.15, 0.2) is 40.8 Å². The van der Waals surface area contributed by atoms with Crippen LogP contribution in [0.4, 0.5) is 0 Å². The normalized spacial score (nSPS) is 16.8. The molecular weight excluding hydrogens is 416 g/mol. The van der Waals surface area contributed by atoms with E-state index < -0.39 is 15.6 Å². The Bertz CT molecular complexity index is 1010. The second-order valence-corrected chi connectivity index (χ2v) is 11.8. The maximum Gasteiger partial charge on any atom is 0.285 e. The number of nitrogens with zero attached hydrogens (tertiary/aromatic N) is 2. The molecule has 0 saturated carbocycles. The quantitative estimate of drug-likeness (QED) is 0.631. The minimum absolute atomic E-state index is 0.0327. The largest absolute Gasteiger partial charge is 0.338 e. The average Bonchev–Trinajstić information content (AvgIpc) is 3.18. The van der Waals surface area contributed by atoms with Crippen molar-refractivity contribution in [3.8, 4) is 0 Å². The third kappa shape index (κ3) is 5.58. The summed E-state index contributed by atoms with van der Waals surface area (Å²) in [6.45, 7) is 5.22. The molecule has 1 aromatic heterocycles. The number of likely N-dealkylation sites (tertiary alicyclic amines) is 1. The molecular formula is C23H30N2O3S2. The summed E-state index contributed by atoms with van der Waals surface area (Å²) in [6.07, 6.45) is 6.01. The van der Waals surface area contributed by atoms with Crippen molar-refractivity contribution in [2.75, 3.05) is 19.3 Å². The van der Waals surface area contributed by atoms with Crippen molar-refractivity contribution >= 4 is 32.9 Å². The number of carbonyl (C=O) groups excluding carboxylic acids is 2. The van der Waals surface area contributed by atoms with Crippen molar-refractivity contribution in [1.29, 1.82) is 0 Å². The van der Waals surface area contributed by atoms with E-state index >= 15 is 0 Å². The topological polar surface area (TPSA) is 66.8 Å². The van der Waals surface area contributed by atoms with E-state index in [1.807, 2.05) is 36.1 Å². The minimum atomic E-state index is -2.67. The van der Waals surface area contributed by atoms with E-state index in [1.54, 1.807) is 18.4 Å². The number of benzene rings is 1. The van der Waals surface area contributed by atoms with Crippen LogP contribution in [0.1, 0.15) is 63.1 Å². The van der Waals surface area contributed by atoms with E-state index in [1.165, 1.54) is 16.9 Å². The summed E-state index contributed by atoms with van der Waals surface area (Å²) < 4.78 is 17.3. The van der Waals surface area contributed by atoms with Gasteiger partial charge in [0, 0.05) is 35.0 Å². The highest BCUT2D eigenvalue weighted by atomic mass is 32.2. The standard InChI is InChI=1S/C23H30N2O3S2/c1-4-5-6-18-8-10-19(11-9-18)22(26)24-30(3,28)20-13-15-25(16-14-20)23(27)21-12-7-17(2)29-21/h7-12,20H,4-6,13-16H2,1-3H3. The van der Waals surface area contributed by atoms with Crippen molar-refractivity contribution in [2.45, 2.75) is 51.2 Å². The van der Waals surface area contributed by atoms with Gasteiger partial charge < -0.3 is 4.90 Å². The molecule has 1 aliphatic heterocycles. The number of aryl methyl sites for hydroxylation is 2. The Morgan fingerprint density at radius 1 is 1.13 bits per heavy atom. The number of unbranched alkanes of at least 4 members (excludes halogenated alkanes) is 1. The molecule has 0 bridgehead atoms. The molecule has 0 radical (unpaired) electrons. The highest BCUT2D eigenvalue weighted by Crippen LogP contribution is 2.23. The minimum Gasteiger partial charge on any atom is -0.338 e. The molecule has 2 amide bonds. The Hall–Kier alpha value is -1.99. The van der Waals surface area contributed by atoms with Crippen molar-refractivity contribution in [3.05, 3.63) is 57.3 Å². The van der Waals surface area contributed by atoms with Gasteiger partial charge in [-0.3, -0.25) is 9.59 Å². The van der Waals surface area contributed by atoms with Crippen molar-refractivity contribution in [2.24, 2.45) is 4.36 Å². The zero-order valence-corrected chi connectivity index (χ0v) is 19.6. The van der Waals surface area contributed by atoms with Gasteiger partial charge in [-0.1, -0.05) is 25.5 Å². The molecule has 0 spiro atoms. The summed E-state index contributed by atoms with van der Waals surface area (Å²) in [6, 6.07) is 11.3. The van der Waals surface area contributed by atoms with Gasteiger partial charge in [-0.05, 0) is 62.4 Å². The van der Waals surface area contributed by atoms with E-state index in [0.29, 0.717) is 31.5 Å². The number of piperidine rings is 1. The lowest BCUT2D eigenvalue weighted by molar-refractivity contribution is 0.0730. The molecule has 162 valence electrons. The second kappa shape index (κ2) is 9.88. The van der Waals surface area contributed by atoms with Crippen LogP contribution in [0.2, 0.25) is 0 Å². The maximum absolute atomic E-state index is 13.2. The second-order valence-electron chi connectivity index (χ2n) is 7.96. The van der Waals surface area contributed by atoms with Gasteiger partial charge in [0.25, 0.3) is 11.8 Å². The van der Waals surface area contributed by atoms with Crippen LogP contribution < -0.4 is 0 Å². The first-order valence-corrected chi connectivity index (χ1v) is 13.3. The van der Waals surface area contributed by atoms with Crippen LogP contribution in [-0.4, -0.2) is 45.5 Å². The van der Waals surface area contributed by atoms with Crippen LogP contribution in [0.3, 0.4) is 0 Å². The molecule has 0 aliphatic carbocycles. The van der Waals surface area contributed by atoms with E-state index in [2.05, 4.69) is 11.3 Å². The fourth-order valence-electron chi connectivity index (χ4n) is 3.69. The molecule has 3 rings (SSSR count). The summed E-state index contributed by atoms with van der Waals surface area (Å²) in [5, 5.41) is -0.181. The lowest BCUT2D eigenvalue weighted by atomic mass is 10.1. The van der Waals surface area contributed by atoms with Crippen LogP contribution in [0.25, 0.3) is 0 Å². The zero-order valence-electron chi connectivity index (χ0n) is 17.9. The molecule has 0 N–H and O–H groups in total. The van der Waals surface area contributed by atoms with Gasteiger partial charge in [0.2, 0.25) is 0 Å². The summed E-state index contributed by atoms with van der Waals surface area (Å²) in [5.41, 5.74) is 1.68. The average molecular weight is 447 g/mol. The van der Waals surface area contributed by atoms with Crippen molar-refractivity contribution in [1.82, 2.24) is 4.90 Å². The third-order valence-electron chi connectivity index (χ3n) is 5.58. The molecule has 1 unspecified atom stereocenters. The number of rotatable bonds is 6. The molecule has 30 heavy (non-hydrogen) atoms. The first-order valence-electron chi connectivity index (χ1n) is 10.5. The van der Waals surface area contributed by atoms with Gasteiger partial charge in [0.05, 0.1) is 14.6 Å². The Labute approximate surface area is 183 Å². The highest BCUT2D eigenvalue weighted by Gasteiger charge is 2.29. The number of hydrogen-bond acceptors (Lipinski definition) is 4. The molecule has 1 fully saturated rings. The van der Waals surface area contributed by atoms with Gasteiger partial charge in [0.15, 0.2) is 0 Å². The lowest BCUT2D eigenvalue weighted by Crippen LogP contribution is -2.42. The van der Waals surface area contributed by atoms with Crippen LogP contribution in [0.5, 0.6) is 0 Å². The predicted octanol–water partition coefficient (Wildman–Crippen LogP) is 4.94. The maximum atomic E-state index is 13.2. The molecule has 5 nitrogen and oxygen atoms in total. The number of amides is 2. The molecule has 7 heteroatoms. The predicted molar refractivity (Wildman–Crippen MR) is 124 cm³/mol. The van der Waals surface area contributed by atoms with Crippen LogP contribution in [-0.2, 0) is 16.1 Å². The summed E-state index contributed by atoms with van der Waals surface area (Å²) in [7, 11) is -2.67.